The van der Waals surface area contributed by atoms with Crippen LogP contribution in [0.15, 0.2) is 46.5 Å². The van der Waals surface area contributed by atoms with Gasteiger partial charge < -0.3 is 4.90 Å². The molecule has 0 amide bonds. The highest BCUT2D eigenvalue weighted by Gasteiger charge is 2.15. The molecule has 1 aromatic carbocycles. The van der Waals surface area contributed by atoms with Crippen LogP contribution < -0.4 is 4.90 Å². The van der Waals surface area contributed by atoms with E-state index < -0.39 is 0 Å². The van der Waals surface area contributed by atoms with E-state index in [0.29, 0.717) is 11.2 Å². The van der Waals surface area contributed by atoms with Crippen molar-refractivity contribution in [3.63, 3.8) is 0 Å². The van der Waals surface area contributed by atoms with Crippen LogP contribution in [-0.2, 0) is 0 Å². The van der Waals surface area contributed by atoms with Crippen LogP contribution in [0.3, 0.4) is 0 Å². The third-order valence-corrected chi connectivity index (χ3v) is 5.55. The molecule has 2 unspecified atom stereocenters. The maximum atomic E-state index is 5.01. The van der Waals surface area contributed by atoms with E-state index in [1.165, 1.54) is 0 Å². The second kappa shape index (κ2) is 7.71. The predicted molar refractivity (Wildman–Crippen MR) is 103 cm³/mol. The van der Waals surface area contributed by atoms with Crippen molar-refractivity contribution in [3.05, 3.63) is 47.4 Å². The number of fused-ring (bicyclic) bond motifs is 1. The van der Waals surface area contributed by atoms with Crippen molar-refractivity contribution in [1.29, 1.82) is 0 Å². The predicted octanol–water partition coefficient (Wildman–Crippen LogP) is 4.90. The fourth-order valence-electron chi connectivity index (χ4n) is 2.90. The molecule has 0 fully saturated rings. The van der Waals surface area contributed by atoms with Gasteiger partial charge in [-0.3, -0.25) is 0 Å². The Hall–Kier alpha value is -2.01. The minimum Gasteiger partial charge on any atom is -0.370 e. The van der Waals surface area contributed by atoms with E-state index in [1.54, 1.807) is 0 Å². The van der Waals surface area contributed by atoms with E-state index in [4.69, 9.17) is 4.63 Å². The number of benzene rings is 1. The van der Waals surface area contributed by atoms with Crippen molar-refractivity contribution in [1.82, 2.24) is 10.3 Å². The summed E-state index contributed by atoms with van der Waals surface area (Å²) < 4.78 is 5.01. The summed E-state index contributed by atoms with van der Waals surface area (Å²) in [5.74, 6) is 0.545. The van der Waals surface area contributed by atoms with Gasteiger partial charge in [0.05, 0.1) is 5.69 Å². The van der Waals surface area contributed by atoms with E-state index >= 15 is 0 Å². The summed E-state index contributed by atoms with van der Waals surface area (Å²) in [6.07, 6.45) is 10.8. The molecule has 3 rings (SSSR count). The first-order valence-corrected chi connectivity index (χ1v) is 9.36. The van der Waals surface area contributed by atoms with Crippen LogP contribution in [0.1, 0.15) is 26.3 Å². The Labute approximate surface area is 147 Å². The third kappa shape index (κ3) is 3.41. The van der Waals surface area contributed by atoms with Gasteiger partial charge in [-0.1, -0.05) is 37.3 Å². The summed E-state index contributed by atoms with van der Waals surface area (Å²) >= 11 is 1.82. The summed E-state index contributed by atoms with van der Waals surface area (Å²) in [4.78, 5) is 2.26. The molecule has 126 valence electrons. The lowest BCUT2D eigenvalue weighted by molar-refractivity contribution is 0.315. The Morgan fingerprint density at radius 2 is 1.88 bits per heavy atom. The van der Waals surface area contributed by atoms with Crippen molar-refractivity contribution >= 4 is 34.6 Å². The highest BCUT2D eigenvalue weighted by Crippen LogP contribution is 2.30. The van der Waals surface area contributed by atoms with Crippen LogP contribution in [0.4, 0.5) is 5.69 Å². The van der Waals surface area contributed by atoms with Crippen molar-refractivity contribution < 1.29 is 4.63 Å². The Morgan fingerprint density at radius 3 is 2.62 bits per heavy atom. The lowest BCUT2D eigenvalue weighted by atomic mass is 10.0. The molecule has 0 spiro atoms. The zero-order chi connectivity index (χ0) is 16.9. The number of aromatic nitrogens is 2. The van der Waals surface area contributed by atoms with Crippen LogP contribution in [0.5, 0.6) is 0 Å². The van der Waals surface area contributed by atoms with Gasteiger partial charge in [0.25, 0.3) is 0 Å². The normalized spacial score (nSPS) is 20.3. The maximum Gasteiger partial charge on any atom is 0.159 e. The van der Waals surface area contributed by atoms with Gasteiger partial charge in [-0.15, -0.1) is 11.8 Å². The van der Waals surface area contributed by atoms with Gasteiger partial charge in [-0.25, -0.2) is 4.63 Å². The van der Waals surface area contributed by atoms with Crippen LogP contribution in [-0.4, -0.2) is 28.7 Å². The van der Waals surface area contributed by atoms with Crippen molar-refractivity contribution in [2.24, 2.45) is 5.92 Å². The quantitative estimate of drug-likeness (QED) is 0.747. The molecule has 2 aromatic rings. The van der Waals surface area contributed by atoms with Crippen LogP contribution in [0.25, 0.3) is 17.1 Å². The van der Waals surface area contributed by atoms with E-state index in [9.17, 15) is 0 Å². The molecule has 0 radical (unpaired) electrons. The highest BCUT2D eigenvalue weighted by molar-refractivity contribution is 8.03. The van der Waals surface area contributed by atoms with Gasteiger partial charge in [0.2, 0.25) is 0 Å². The van der Waals surface area contributed by atoms with Crippen LogP contribution in [0, 0.1) is 5.92 Å². The molecule has 0 aliphatic heterocycles. The van der Waals surface area contributed by atoms with Gasteiger partial charge in [0.15, 0.2) is 5.52 Å². The third-order valence-electron chi connectivity index (χ3n) is 4.36. The first kappa shape index (κ1) is 16.8. The molecule has 1 heterocycles. The number of thioether (sulfide) groups is 1. The van der Waals surface area contributed by atoms with Gasteiger partial charge in [-0.2, -0.15) is 0 Å². The topological polar surface area (TPSA) is 42.2 Å². The lowest BCUT2D eigenvalue weighted by Crippen LogP contribution is -2.22. The zero-order valence-electron chi connectivity index (χ0n) is 14.3. The van der Waals surface area contributed by atoms with E-state index in [0.717, 1.165) is 35.4 Å². The SMILES string of the molecule is CCN(CC)c1ccc(/C=C/SC2C=CC=CC2C)c2nonc12. The molecular weight excluding hydrogens is 318 g/mol. The molecule has 5 heteroatoms. The maximum absolute atomic E-state index is 5.01. The average molecular weight is 341 g/mol. The van der Waals surface area contributed by atoms with Gasteiger partial charge >= 0.3 is 0 Å². The first-order chi connectivity index (χ1) is 11.7. The molecule has 2 atom stereocenters. The van der Waals surface area contributed by atoms with E-state index in [2.05, 4.69) is 83.9 Å². The molecule has 1 aliphatic carbocycles. The average Bonchev–Trinajstić information content (AvgIpc) is 3.09. The Kier molecular flexibility index (Phi) is 5.41. The Bertz CT molecular complexity index is 774. The molecule has 0 saturated heterocycles. The fraction of sp³-hybridized carbons (Fsp3) is 0.368. The minimum atomic E-state index is 0.479. The second-order valence-corrected chi connectivity index (χ2v) is 6.93. The van der Waals surface area contributed by atoms with Crippen molar-refractivity contribution in [2.45, 2.75) is 26.0 Å². The van der Waals surface area contributed by atoms with Crippen molar-refractivity contribution in [2.75, 3.05) is 18.0 Å². The fourth-order valence-corrected chi connectivity index (χ4v) is 3.82. The largest absolute Gasteiger partial charge is 0.370 e. The van der Waals surface area contributed by atoms with Crippen LogP contribution in [0.2, 0.25) is 0 Å². The molecule has 1 aliphatic rings. The zero-order valence-corrected chi connectivity index (χ0v) is 15.2. The number of rotatable bonds is 6. The molecule has 24 heavy (non-hydrogen) atoms. The summed E-state index contributed by atoms with van der Waals surface area (Å²) in [6.45, 7) is 8.39. The number of hydrogen-bond donors (Lipinski definition) is 0. The number of nitrogens with zero attached hydrogens (tertiary/aromatic N) is 3. The summed E-state index contributed by atoms with van der Waals surface area (Å²) in [7, 11) is 0. The minimum absolute atomic E-state index is 0.479. The Balaban J connectivity index is 1.82. The standard InChI is InChI=1S/C19H23N3OS/c1-4-22(5-2)16-11-10-15(18-19(16)21-23-20-18)12-13-24-17-9-7-6-8-14(17)3/h6-14,17H,4-5H2,1-3H3/b13-12+. The summed E-state index contributed by atoms with van der Waals surface area (Å²) in [6, 6.07) is 4.20. The molecule has 1 aromatic heterocycles. The molecule has 4 nitrogen and oxygen atoms in total. The van der Waals surface area contributed by atoms with Crippen LogP contribution >= 0.6 is 11.8 Å². The van der Waals surface area contributed by atoms with Crippen molar-refractivity contribution in [3.8, 4) is 0 Å². The highest BCUT2D eigenvalue weighted by atomic mass is 32.2. The summed E-state index contributed by atoms with van der Waals surface area (Å²) in [5.41, 5.74) is 3.77. The molecule has 0 saturated carbocycles. The van der Waals surface area contributed by atoms with Gasteiger partial charge in [0, 0.05) is 23.9 Å². The molecular formula is C19H23N3OS. The van der Waals surface area contributed by atoms with Gasteiger partial charge in [0.1, 0.15) is 5.52 Å². The molecule has 0 N–H and O–H groups in total. The Morgan fingerprint density at radius 1 is 1.12 bits per heavy atom. The monoisotopic (exact) mass is 341 g/mol. The smallest absolute Gasteiger partial charge is 0.159 e. The summed E-state index contributed by atoms with van der Waals surface area (Å²) in [5, 5.41) is 10.9. The number of anilines is 1. The first-order valence-electron chi connectivity index (χ1n) is 8.41. The number of hydrogen-bond acceptors (Lipinski definition) is 5. The van der Waals surface area contributed by atoms with Gasteiger partial charge in [-0.05, 0) is 47.6 Å². The number of allylic oxidation sites excluding steroid dienone is 3. The molecule has 0 bridgehead atoms. The van der Waals surface area contributed by atoms with E-state index in [1.807, 2.05) is 11.8 Å². The van der Waals surface area contributed by atoms with E-state index in [-0.39, 0.29) is 0 Å². The lowest BCUT2D eigenvalue weighted by Gasteiger charge is -2.21. The second-order valence-electron chi connectivity index (χ2n) is 5.84.